The molecule has 2 heterocycles. The molecule has 1 aliphatic heterocycles. The van der Waals surface area contributed by atoms with Gasteiger partial charge in [0.2, 0.25) is 5.91 Å². The Kier molecular flexibility index (Phi) is 5.01. The minimum atomic E-state index is 0.248. The number of rotatable bonds is 5. The number of aromatic amines is 1. The van der Waals surface area contributed by atoms with Crippen molar-refractivity contribution in [1.82, 2.24) is 14.8 Å². The quantitative estimate of drug-likeness (QED) is 0.922. The van der Waals surface area contributed by atoms with E-state index in [0.29, 0.717) is 6.42 Å². The molecule has 1 aromatic carbocycles. The second-order valence-corrected chi connectivity index (χ2v) is 6.94. The predicted octanol–water partition coefficient (Wildman–Crippen LogP) is 2.90. The number of aromatic nitrogens is 1. The summed E-state index contributed by atoms with van der Waals surface area (Å²) in [6, 6.07) is 8.17. The first-order valence-corrected chi connectivity index (χ1v) is 8.68. The van der Waals surface area contributed by atoms with Crippen molar-refractivity contribution in [2.75, 3.05) is 32.7 Å². The van der Waals surface area contributed by atoms with Gasteiger partial charge in [-0.25, -0.2) is 0 Å². The Morgan fingerprint density at radius 3 is 2.65 bits per heavy atom. The van der Waals surface area contributed by atoms with Crippen LogP contribution in [-0.4, -0.2) is 53.4 Å². The fraction of sp³-hybridized carbons (Fsp3) is 0.526. The van der Waals surface area contributed by atoms with E-state index in [9.17, 15) is 4.79 Å². The Labute approximate surface area is 138 Å². The first-order chi connectivity index (χ1) is 11.1. The van der Waals surface area contributed by atoms with Crippen LogP contribution in [0.4, 0.5) is 0 Å². The zero-order valence-corrected chi connectivity index (χ0v) is 14.2. The highest BCUT2D eigenvalue weighted by atomic mass is 16.2. The van der Waals surface area contributed by atoms with Crippen molar-refractivity contribution >= 4 is 16.8 Å². The van der Waals surface area contributed by atoms with E-state index >= 15 is 0 Å². The van der Waals surface area contributed by atoms with Crippen molar-refractivity contribution in [3.63, 3.8) is 0 Å². The summed E-state index contributed by atoms with van der Waals surface area (Å²) in [5.74, 6) is 0.995. The molecule has 3 rings (SSSR count). The summed E-state index contributed by atoms with van der Waals surface area (Å²) in [6.07, 6.45) is 3.71. The van der Waals surface area contributed by atoms with Crippen LogP contribution in [0.3, 0.4) is 0 Å². The van der Waals surface area contributed by atoms with Gasteiger partial charge in [0.25, 0.3) is 0 Å². The summed E-state index contributed by atoms with van der Waals surface area (Å²) in [7, 11) is 0. The summed E-state index contributed by atoms with van der Waals surface area (Å²) >= 11 is 0. The van der Waals surface area contributed by atoms with E-state index in [0.717, 1.165) is 55.1 Å². The molecule has 0 bridgehead atoms. The molecule has 0 radical (unpaired) electrons. The minimum Gasteiger partial charge on any atom is -0.361 e. The molecule has 0 aliphatic carbocycles. The van der Waals surface area contributed by atoms with Gasteiger partial charge in [0.15, 0.2) is 0 Å². The van der Waals surface area contributed by atoms with Gasteiger partial charge in [0, 0.05) is 43.3 Å². The van der Waals surface area contributed by atoms with Crippen LogP contribution in [0.15, 0.2) is 30.5 Å². The highest BCUT2D eigenvalue weighted by Crippen LogP contribution is 2.19. The van der Waals surface area contributed by atoms with Gasteiger partial charge in [-0.2, -0.15) is 0 Å². The number of fused-ring (bicyclic) bond motifs is 1. The standard InChI is InChI=1S/C19H27N3O/c1-15(2)7-8-21-9-11-22(12-10-21)19(23)13-16-14-20-18-6-4-3-5-17(16)18/h3-6,14-15,20H,7-13H2,1-2H3. The van der Waals surface area contributed by atoms with Gasteiger partial charge >= 0.3 is 0 Å². The molecule has 23 heavy (non-hydrogen) atoms. The van der Waals surface area contributed by atoms with Gasteiger partial charge in [-0.1, -0.05) is 32.0 Å². The third-order valence-corrected chi connectivity index (χ3v) is 4.76. The number of amides is 1. The van der Waals surface area contributed by atoms with Gasteiger partial charge in [0.1, 0.15) is 0 Å². The molecule has 0 unspecified atom stereocenters. The molecule has 4 heteroatoms. The fourth-order valence-electron chi connectivity index (χ4n) is 3.21. The number of para-hydroxylation sites is 1. The van der Waals surface area contributed by atoms with E-state index in [4.69, 9.17) is 0 Å². The smallest absolute Gasteiger partial charge is 0.227 e. The zero-order chi connectivity index (χ0) is 16.2. The van der Waals surface area contributed by atoms with Crippen LogP contribution in [-0.2, 0) is 11.2 Å². The molecule has 4 nitrogen and oxygen atoms in total. The molecular weight excluding hydrogens is 286 g/mol. The number of piperazine rings is 1. The molecule has 1 aliphatic rings. The van der Waals surface area contributed by atoms with Gasteiger partial charge in [0.05, 0.1) is 6.42 Å². The molecule has 0 spiro atoms. The van der Waals surface area contributed by atoms with Crippen LogP contribution in [0, 0.1) is 5.92 Å². The summed E-state index contributed by atoms with van der Waals surface area (Å²) < 4.78 is 0. The lowest BCUT2D eigenvalue weighted by atomic mass is 10.1. The van der Waals surface area contributed by atoms with E-state index in [1.807, 2.05) is 23.2 Å². The number of hydrogen-bond acceptors (Lipinski definition) is 2. The maximum atomic E-state index is 12.6. The second-order valence-electron chi connectivity index (χ2n) is 6.94. The number of H-pyrrole nitrogens is 1. The van der Waals surface area contributed by atoms with Crippen LogP contribution in [0.25, 0.3) is 10.9 Å². The number of nitrogens with one attached hydrogen (secondary N) is 1. The molecule has 1 fully saturated rings. The van der Waals surface area contributed by atoms with Crippen molar-refractivity contribution < 1.29 is 4.79 Å². The van der Waals surface area contributed by atoms with Gasteiger partial charge in [-0.3, -0.25) is 9.69 Å². The van der Waals surface area contributed by atoms with Crippen molar-refractivity contribution in [2.24, 2.45) is 5.92 Å². The third kappa shape index (κ3) is 3.94. The van der Waals surface area contributed by atoms with E-state index in [1.165, 1.54) is 6.42 Å². The number of carbonyl (C=O) groups excluding carboxylic acids is 1. The summed E-state index contributed by atoms with van der Waals surface area (Å²) in [4.78, 5) is 20.3. The monoisotopic (exact) mass is 313 g/mol. The number of benzene rings is 1. The maximum absolute atomic E-state index is 12.6. The molecular formula is C19H27N3O. The predicted molar refractivity (Wildman–Crippen MR) is 94.5 cm³/mol. The van der Waals surface area contributed by atoms with Crippen LogP contribution in [0.5, 0.6) is 0 Å². The number of hydrogen-bond donors (Lipinski definition) is 1. The van der Waals surface area contributed by atoms with Crippen molar-refractivity contribution in [3.05, 3.63) is 36.0 Å². The molecule has 0 atom stereocenters. The third-order valence-electron chi connectivity index (χ3n) is 4.76. The molecule has 1 saturated heterocycles. The Balaban J connectivity index is 1.54. The lowest BCUT2D eigenvalue weighted by molar-refractivity contribution is -0.132. The average molecular weight is 313 g/mol. The van der Waals surface area contributed by atoms with E-state index in [-0.39, 0.29) is 5.91 Å². The van der Waals surface area contributed by atoms with Gasteiger partial charge < -0.3 is 9.88 Å². The van der Waals surface area contributed by atoms with Gasteiger partial charge in [-0.15, -0.1) is 0 Å². The van der Waals surface area contributed by atoms with E-state index in [1.54, 1.807) is 0 Å². The Morgan fingerprint density at radius 2 is 1.91 bits per heavy atom. The Morgan fingerprint density at radius 1 is 1.17 bits per heavy atom. The van der Waals surface area contributed by atoms with Crippen molar-refractivity contribution in [2.45, 2.75) is 26.7 Å². The Bertz CT molecular complexity index is 653. The topological polar surface area (TPSA) is 39.3 Å². The fourth-order valence-corrected chi connectivity index (χ4v) is 3.21. The van der Waals surface area contributed by atoms with Crippen LogP contribution in [0.2, 0.25) is 0 Å². The normalized spacial score (nSPS) is 16.4. The maximum Gasteiger partial charge on any atom is 0.227 e. The number of carbonyl (C=O) groups is 1. The first-order valence-electron chi connectivity index (χ1n) is 8.68. The SMILES string of the molecule is CC(C)CCN1CCN(C(=O)Cc2c[nH]c3ccccc23)CC1. The lowest BCUT2D eigenvalue weighted by Gasteiger charge is -2.35. The molecule has 0 saturated carbocycles. The summed E-state index contributed by atoms with van der Waals surface area (Å²) in [6.45, 7) is 9.42. The minimum absolute atomic E-state index is 0.248. The largest absolute Gasteiger partial charge is 0.361 e. The van der Waals surface area contributed by atoms with Crippen molar-refractivity contribution in [1.29, 1.82) is 0 Å². The molecule has 1 N–H and O–H groups in total. The Hall–Kier alpha value is -1.81. The average Bonchev–Trinajstić information content (AvgIpc) is 2.96. The van der Waals surface area contributed by atoms with E-state index in [2.05, 4.69) is 35.9 Å². The highest BCUT2D eigenvalue weighted by Gasteiger charge is 2.21. The van der Waals surface area contributed by atoms with Crippen LogP contribution < -0.4 is 0 Å². The van der Waals surface area contributed by atoms with Crippen LogP contribution in [0.1, 0.15) is 25.8 Å². The molecule has 2 aromatic rings. The zero-order valence-electron chi connectivity index (χ0n) is 14.2. The van der Waals surface area contributed by atoms with Crippen LogP contribution >= 0.6 is 0 Å². The highest BCUT2D eigenvalue weighted by molar-refractivity contribution is 5.88. The number of nitrogens with zero attached hydrogens (tertiary/aromatic N) is 2. The van der Waals surface area contributed by atoms with Gasteiger partial charge in [-0.05, 0) is 30.5 Å². The summed E-state index contributed by atoms with van der Waals surface area (Å²) in [5, 5.41) is 1.16. The second kappa shape index (κ2) is 7.18. The summed E-state index contributed by atoms with van der Waals surface area (Å²) in [5.41, 5.74) is 2.21. The molecule has 1 aromatic heterocycles. The molecule has 124 valence electrons. The van der Waals surface area contributed by atoms with E-state index < -0.39 is 0 Å². The first kappa shape index (κ1) is 16.1. The lowest BCUT2D eigenvalue weighted by Crippen LogP contribution is -2.49. The van der Waals surface area contributed by atoms with Crippen molar-refractivity contribution in [3.8, 4) is 0 Å². The molecule has 1 amide bonds.